The third kappa shape index (κ3) is 4.78. The van der Waals surface area contributed by atoms with E-state index in [0.717, 1.165) is 0 Å². The predicted octanol–water partition coefficient (Wildman–Crippen LogP) is -0.625. The molecule has 4 heteroatoms. The topological polar surface area (TPSA) is 40.5 Å². The highest BCUT2D eigenvalue weighted by molar-refractivity contribution is 7.22. The Morgan fingerprint density at radius 2 is 1.67 bits per heavy atom. The number of rotatable bonds is 1. The minimum atomic E-state index is -1.58. The van der Waals surface area contributed by atoms with Crippen molar-refractivity contribution < 1.29 is 10.2 Å². The van der Waals surface area contributed by atoms with Crippen LogP contribution >= 0.6 is 18.5 Å². The van der Waals surface area contributed by atoms with Crippen molar-refractivity contribution in [2.75, 3.05) is 6.16 Å². The Kier molecular flexibility index (Phi) is 2.47. The molecule has 2 N–H and O–H groups in total. The van der Waals surface area contributed by atoms with Crippen LogP contribution in [0.3, 0.4) is 0 Å². The molecular weight excluding hydrogens is 118 g/mol. The van der Waals surface area contributed by atoms with Crippen LogP contribution in [0, 0.1) is 0 Å². The lowest BCUT2D eigenvalue weighted by molar-refractivity contribution is -0.0560. The van der Waals surface area contributed by atoms with Crippen LogP contribution in [0.4, 0.5) is 0 Å². The molecule has 0 amide bonds. The molecule has 0 aliphatic heterocycles. The van der Waals surface area contributed by atoms with E-state index in [1.54, 1.807) is 0 Å². The zero-order chi connectivity index (χ0) is 5.21. The van der Waals surface area contributed by atoms with Gasteiger partial charge in [0.1, 0.15) is 0 Å². The third-order valence-electron chi connectivity index (χ3n) is 0.300. The second-order valence-corrected chi connectivity index (χ2v) is 2.42. The zero-order valence-corrected chi connectivity index (χ0v) is 5.57. The van der Waals surface area contributed by atoms with Gasteiger partial charge in [0.05, 0.1) is 0 Å². The summed E-state index contributed by atoms with van der Waals surface area (Å²) in [6.07, 6.45) is 0.262. The van der Waals surface area contributed by atoms with Crippen LogP contribution in [0.15, 0.2) is 0 Å². The summed E-state index contributed by atoms with van der Waals surface area (Å²) in [5.74, 6) is 0. The molecule has 2 nitrogen and oxygen atoms in total. The fourth-order valence-electron chi connectivity index (χ4n) is 0. The SMILES string of the molecule is OC(O)(P)CP. The molecule has 0 aromatic carbocycles. The standard InChI is InChI=1S/C2H8O2P2/c3-2(4,6)1-5/h3-4H,1,5-6H2. The summed E-state index contributed by atoms with van der Waals surface area (Å²) in [6, 6.07) is 0. The minimum Gasteiger partial charge on any atom is -0.362 e. The van der Waals surface area contributed by atoms with E-state index in [-0.39, 0.29) is 6.16 Å². The quantitative estimate of drug-likeness (QED) is 0.363. The van der Waals surface area contributed by atoms with Crippen molar-refractivity contribution in [2.45, 2.75) is 5.53 Å². The van der Waals surface area contributed by atoms with Crippen LogP contribution in [0.5, 0.6) is 0 Å². The van der Waals surface area contributed by atoms with E-state index < -0.39 is 5.53 Å². The fourth-order valence-corrected chi connectivity index (χ4v) is 0. The maximum absolute atomic E-state index is 8.32. The first kappa shape index (κ1) is 6.78. The van der Waals surface area contributed by atoms with Gasteiger partial charge >= 0.3 is 0 Å². The second-order valence-electron chi connectivity index (χ2n) is 1.08. The van der Waals surface area contributed by atoms with Crippen LogP contribution in [-0.2, 0) is 0 Å². The molecule has 0 spiro atoms. The van der Waals surface area contributed by atoms with Crippen molar-refractivity contribution in [3.05, 3.63) is 0 Å². The molecule has 38 valence electrons. The van der Waals surface area contributed by atoms with E-state index in [0.29, 0.717) is 0 Å². The average molecular weight is 126 g/mol. The van der Waals surface area contributed by atoms with Crippen LogP contribution < -0.4 is 0 Å². The maximum Gasteiger partial charge on any atom is 0.179 e. The molecule has 0 heterocycles. The lowest BCUT2D eigenvalue weighted by Crippen LogP contribution is -2.19. The van der Waals surface area contributed by atoms with Gasteiger partial charge in [0.15, 0.2) is 5.53 Å². The van der Waals surface area contributed by atoms with E-state index in [2.05, 4.69) is 9.24 Å². The van der Waals surface area contributed by atoms with Gasteiger partial charge in [-0.3, -0.25) is 0 Å². The van der Waals surface area contributed by atoms with E-state index in [1.165, 1.54) is 0 Å². The molecular formula is C2H8O2P2. The fraction of sp³-hybridized carbons (Fsp3) is 1.00. The lowest BCUT2D eigenvalue weighted by atomic mass is 10.8. The highest BCUT2D eigenvalue weighted by atomic mass is 31.0. The molecule has 2 unspecified atom stereocenters. The Hall–Kier alpha value is 0.780. The normalized spacial score (nSPS) is 12.0. The van der Waals surface area contributed by atoms with Gasteiger partial charge in [-0.15, -0.1) is 9.24 Å². The van der Waals surface area contributed by atoms with Gasteiger partial charge in [0.2, 0.25) is 0 Å². The molecule has 0 saturated carbocycles. The molecule has 0 saturated heterocycles. The van der Waals surface area contributed by atoms with Crippen molar-refractivity contribution in [2.24, 2.45) is 0 Å². The summed E-state index contributed by atoms with van der Waals surface area (Å²) in [6.45, 7) is 0. The molecule has 0 rings (SSSR count). The molecule has 0 bridgehead atoms. The Morgan fingerprint density at radius 1 is 1.50 bits per heavy atom. The second kappa shape index (κ2) is 2.18. The highest BCUT2D eigenvalue weighted by Gasteiger charge is 2.08. The predicted molar refractivity (Wildman–Crippen MR) is 31.5 cm³/mol. The van der Waals surface area contributed by atoms with Gasteiger partial charge in [-0.05, 0) is 0 Å². The highest BCUT2D eigenvalue weighted by Crippen LogP contribution is 2.11. The molecule has 0 aromatic heterocycles. The summed E-state index contributed by atoms with van der Waals surface area (Å²) in [7, 11) is 4.09. The van der Waals surface area contributed by atoms with E-state index >= 15 is 0 Å². The molecule has 2 atom stereocenters. The average Bonchev–Trinajstić information content (AvgIpc) is 1.35. The first-order valence-corrected chi connectivity index (χ1v) is 2.89. The monoisotopic (exact) mass is 126 g/mol. The third-order valence-corrected chi connectivity index (χ3v) is 1.61. The first-order valence-electron chi connectivity index (χ1n) is 1.50. The van der Waals surface area contributed by atoms with Gasteiger partial charge in [-0.25, -0.2) is 0 Å². The van der Waals surface area contributed by atoms with Gasteiger partial charge in [0.25, 0.3) is 0 Å². The molecule has 0 radical (unpaired) electrons. The molecule has 0 aliphatic carbocycles. The molecule has 0 aliphatic rings. The van der Waals surface area contributed by atoms with Gasteiger partial charge in [0, 0.05) is 6.16 Å². The minimum absolute atomic E-state index is 0.262. The Morgan fingerprint density at radius 3 is 1.67 bits per heavy atom. The Labute approximate surface area is 41.4 Å². The van der Waals surface area contributed by atoms with Crippen LogP contribution in [0.2, 0.25) is 0 Å². The van der Waals surface area contributed by atoms with Crippen molar-refractivity contribution >= 4 is 18.5 Å². The number of aliphatic hydroxyl groups is 2. The summed E-state index contributed by atoms with van der Waals surface area (Å²) in [5, 5.41) is 16.6. The summed E-state index contributed by atoms with van der Waals surface area (Å²) in [5.41, 5.74) is -1.58. The van der Waals surface area contributed by atoms with Gasteiger partial charge in [-0.1, -0.05) is 9.24 Å². The van der Waals surface area contributed by atoms with Crippen molar-refractivity contribution in [3.63, 3.8) is 0 Å². The Bertz CT molecular complexity index is 39.3. The number of hydrogen-bond acceptors (Lipinski definition) is 2. The molecule has 0 aromatic rings. The van der Waals surface area contributed by atoms with Crippen LogP contribution in [0.25, 0.3) is 0 Å². The van der Waals surface area contributed by atoms with Crippen LogP contribution in [0.1, 0.15) is 0 Å². The van der Waals surface area contributed by atoms with E-state index in [9.17, 15) is 0 Å². The summed E-state index contributed by atoms with van der Waals surface area (Å²) < 4.78 is 0. The lowest BCUT2D eigenvalue weighted by Gasteiger charge is -2.09. The Balaban J connectivity index is 3.17. The van der Waals surface area contributed by atoms with Crippen molar-refractivity contribution in [1.82, 2.24) is 0 Å². The van der Waals surface area contributed by atoms with Crippen molar-refractivity contribution in [3.8, 4) is 0 Å². The van der Waals surface area contributed by atoms with Gasteiger partial charge < -0.3 is 10.2 Å². The molecule has 0 fully saturated rings. The van der Waals surface area contributed by atoms with Crippen molar-refractivity contribution in [1.29, 1.82) is 0 Å². The summed E-state index contributed by atoms with van der Waals surface area (Å²) >= 11 is 0. The summed E-state index contributed by atoms with van der Waals surface area (Å²) in [4.78, 5) is 0. The first-order chi connectivity index (χ1) is 2.56. The smallest absolute Gasteiger partial charge is 0.179 e. The maximum atomic E-state index is 8.32. The largest absolute Gasteiger partial charge is 0.362 e. The number of hydrogen-bond donors (Lipinski definition) is 2. The van der Waals surface area contributed by atoms with E-state index in [4.69, 9.17) is 10.2 Å². The van der Waals surface area contributed by atoms with Crippen LogP contribution in [-0.4, -0.2) is 21.9 Å². The zero-order valence-electron chi connectivity index (χ0n) is 3.26. The molecule has 6 heavy (non-hydrogen) atoms. The van der Waals surface area contributed by atoms with Gasteiger partial charge in [-0.2, -0.15) is 0 Å². The van der Waals surface area contributed by atoms with E-state index in [1.807, 2.05) is 9.24 Å².